The summed E-state index contributed by atoms with van der Waals surface area (Å²) in [5, 5.41) is 6.25. The molecular weight excluding hydrogens is 246 g/mol. The molecule has 0 spiro atoms. The van der Waals surface area contributed by atoms with Crippen molar-refractivity contribution in [1.29, 1.82) is 0 Å². The van der Waals surface area contributed by atoms with Crippen LogP contribution in [0.2, 0.25) is 0 Å². The molecule has 0 radical (unpaired) electrons. The van der Waals surface area contributed by atoms with Gasteiger partial charge in [-0.25, -0.2) is 0 Å². The summed E-state index contributed by atoms with van der Waals surface area (Å²) in [7, 11) is 0. The van der Waals surface area contributed by atoms with Crippen LogP contribution in [0.3, 0.4) is 0 Å². The van der Waals surface area contributed by atoms with E-state index in [-0.39, 0.29) is 18.6 Å². The topological polar surface area (TPSA) is 93.5 Å². The Bertz CT molecular complexity index is 321. The van der Waals surface area contributed by atoms with Gasteiger partial charge < -0.3 is 21.1 Å². The minimum absolute atomic E-state index is 0.0390. The lowest BCUT2D eigenvalue weighted by Crippen LogP contribution is -2.44. The predicted molar refractivity (Wildman–Crippen MR) is 70.3 cm³/mol. The summed E-state index contributed by atoms with van der Waals surface area (Å²) < 4.78 is 4.99. The van der Waals surface area contributed by atoms with Crippen LogP contribution in [0.5, 0.6) is 0 Å². The van der Waals surface area contributed by atoms with Crippen LogP contribution in [0.1, 0.15) is 32.1 Å². The van der Waals surface area contributed by atoms with E-state index < -0.39 is 5.91 Å². The third-order valence-electron chi connectivity index (χ3n) is 3.97. The molecule has 0 aromatic carbocycles. The molecule has 0 aromatic rings. The van der Waals surface area contributed by atoms with E-state index >= 15 is 0 Å². The highest BCUT2D eigenvalue weighted by atomic mass is 16.5. The second-order valence-electron chi connectivity index (χ2n) is 5.42. The lowest BCUT2D eigenvalue weighted by molar-refractivity contribution is -0.123. The molecule has 0 aromatic heterocycles. The summed E-state index contributed by atoms with van der Waals surface area (Å²) >= 11 is 0. The molecule has 19 heavy (non-hydrogen) atoms. The average molecular weight is 269 g/mol. The molecule has 3 unspecified atom stereocenters. The third kappa shape index (κ3) is 4.18. The average Bonchev–Trinajstić information content (AvgIpc) is 2.81. The number of hydrogen-bond acceptors (Lipinski definition) is 4. The zero-order valence-corrected chi connectivity index (χ0v) is 11.2. The van der Waals surface area contributed by atoms with Crippen molar-refractivity contribution in [3.8, 4) is 0 Å². The summed E-state index contributed by atoms with van der Waals surface area (Å²) in [6.07, 6.45) is 5.93. The largest absolute Gasteiger partial charge is 0.370 e. The number of nitrogens with one attached hydrogen (secondary N) is 2. The lowest BCUT2D eigenvalue weighted by atomic mass is 9.85. The fourth-order valence-electron chi connectivity index (χ4n) is 3.06. The highest BCUT2D eigenvalue weighted by Gasteiger charge is 2.37. The number of hydrogen-bond donors (Lipinski definition) is 3. The Balaban J connectivity index is 1.62. The van der Waals surface area contributed by atoms with E-state index in [4.69, 9.17) is 10.5 Å². The van der Waals surface area contributed by atoms with Crippen molar-refractivity contribution in [3.63, 3.8) is 0 Å². The summed E-state index contributed by atoms with van der Waals surface area (Å²) in [6.45, 7) is 0.635. The highest BCUT2D eigenvalue weighted by molar-refractivity contribution is 5.82. The number of nitrogens with two attached hydrogens (primary N) is 1. The van der Waals surface area contributed by atoms with Crippen LogP contribution < -0.4 is 16.4 Å². The molecule has 0 bridgehead atoms. The smallest absolute Gasteiger partial charge is 0.243 e. The van der Waals surface area contributed by atoms with E-state index in [1.165, 1.54) is 25.7 Å². The molecule has 2 amide bonds. The van der Waals surface area contributed by atoms with Crippen LogP contribution in [0.25, 0.3) is 0 Å². The standard InChI is InChI=1S/C13H23N3O3/c14-12(17)8-19-6-5-15-13(18)11-7-9-3-1-2-4-10(9)16-11/h9-11,16H,1-8H2,(H2,14,17)(H,15,18). The van der Waals surface area contributed by atoms with Crippen molar-refractivity contribution in [2.24, 2.45) is 11.7 Å². The first-order valence-electron chi connectivity index (χ1n) is 7.06. The van der Waals surface area contributed by atoms with Crippen molar-refractivity contribution < 1.29 is 14.3 Å². The number of amides is 2. The van der Waals surface area contributed by atoms with Gasteiger partial charge >= 0.3 is 0 Å². The second-order valence-corrected chi connectivity index (χ2v) is 5.42. The number of primary amides is 1. The van der Waals surface area contributed by atoms with E-state index in [1.807, 2.05) is 0 Å². The number of ether oxygens (including phenoxy) is 1. The molecule has 2 fully saturated rings. The Labute approximate surface area is 113 Å². The molecule has 1 aliphatic heterocycles. The molecule has 2 aliphatic rings. The fourth-order valence-corrected chi connectivity index (χ4v) is 3.06. The van der Waals surface area contributed by atoms with Crippen molar-refractivity contribution in [2.75, 3.05) is 19.8 Å². The molecule has 6 nitrogen and oxygen atoms in total. The maximum Gasteiger partial charge on any atom is 0.243 e. The molecular formula is C13H23N3O3. The SMILES string of the molecule is NC(=O)COCCNC(=O)C1CC2CCCCC2N1. The molecule has 3 atom stereocenters. The maximum atomic E-state index is 12.0. The summed E-state index contributed by atoms with van der Waals surface area (Å²) in [4.78, 5) is 22.4. The van der Waals surface area contributed by atoms with Crippen molar-refractivity contribution in [1.82, 2.24) is 10.6 Å². The number of fused-ring (bicyclic) bond motifs is 1. The molecule has 108 valence electrons. The minimum atomic E-state index is -0.493. The van der Waals surface area contributed by atoms with Gasteiger partial charge in [0.2, 0.25) is 11.8 Å². The van der Waals surface area contributed by atoms with Crippen molar-refractivity contribution in [3.05, 3.63) is 0 Å². The first-order valence-corrected chi connectivity index (χ1v) is 7.06. The number of carbonyl (C=O) groups excluding carboxylic acids is 2. The van der Waals surface area contributed by atoms with Crippen molar-refractivity contribution in [2.45, 2.75) is 44.2 Å². The van der Waals surface area contributed by atoms with E-state index in [0.717, 1.165) is 6.42 Å². The van der Waals surface area contributed by atoms with Crippen LogP contribution in [0.4, 0.5) is 0 Å². The van der Waals surface area contributed by atoms with Crippen LogP contribution in [0, 0.1) is 5.92 Å². The Morgan fingerprint density at radius 3 is 2.84 bits per heavy atom. The van der Waals surface area contributed by atoms with Crippen LogP contribution >= 0.6 is 0 Å². The summed E-state index contributed by atoms with van der Waals surface area (Å²) in [5.74, 6) is 0.209. The third-order valence-corrected chi connectivity index (χ3v) is 3.97. The van der Waals surface area contributed by atoms with Gasteiger partial charge in [-0.05, 0) is 25.2 Å². The summed E-state index contributed by atoms with van der Waals surface area (Å²) in [5.41, 5.74) is 4.94. The van der Waals surface area contributed by atoms with Gasteiger partial charge in [-0.2, -0.15) is 0 Å². The van der Waals surface area contributed by atoms with Crippen LogP contribution in [0.15, 0.2) is 0 Å². The molecule has 1 aliphatic carbocycles. The Hall–Kier alpha value is -1.14. The normalized spacial score (nSPS) is 29.8. The Morgan fingerprint density at radius 1 is 1.32 bits per heavy atom. The van der Waals surface area contributed by atoms with Crippen LogP contribution in [-0.2, 0) is 14.3 Å². The van der Waals surface area contributed by atoms with Crippen molar-refractivity contribution >= 4 is 11.8 Å². The van der Waals surface area contributed by atoms with Gasteiger partial charge in [0.05, 0.1) is 12.6 Å². The van der Waals surface area contributed by atoms with E-state index in [0.29, 0.717) is 25.1 Å². The predicted octanol–water partition coefficient (Wildman–Crippen LogP) is -0.475. The minimum Gasteiger partial charge on any atom is -0.370 e. The molecule has 4 N–H and O–H groups in total. The maximum absolute atomic E-state index is 12.0. The lowest BCUT2D eigenvalue weighted by Gasteiger charge is -2.24. The monoisotopic (exact) mass is 269 g/mol. The first-order chi connectivity index (χ1) is 9.16. The second kappa shape index (κ2) is 6.86. The molecule has 1 saturated heterocycles. The zero-order valence-electron chi connectivity index (χ0n) is 11.2. The van der Waals surface area contributed by atoms with Gasteiger partial charge in [-0.15, -0.1) is 0 Å². The molecule has 2 rings (SSSR count). The Kier molecular flexibility index (Phi) is 5.15. The van der Waals surface area contributed by atoms with E-state index in [1.54, 1.807) is 0 Å². The Morgan fingerprint density at radius 2 is 2.11 bits per heavy atom. The highest BCUT2D eigenvalue weighted by Crippen LogP contribution is 2.33. The van der Waals surface area contributed by atoms with Gasteiger partial charge in [0.25, 0.3) is 0 Å². The van der Waals surface area contributed by atoms with Crippen LogP contribution in [-0.4, -0.2) is 43.7 Å². The first kappa shape index (κ1) is 14.3. The van der Waals surface area contributed by atoms with Gasteiger partial charge in [0.1, 0.15) is 6.61 Å². The van der Waals surface area contributed by atoms with E-state index in [2.05, 4.69) is 10.6 Å². The summed E-state index contributed by atoms with van der Waals surface area (Å²) in [6, 6.07) is 0.458. The van der Waals surface area contributed by atoms with Gasteiger partial charge in [0, 0.05) is 12.6 Å². The fraction of sp³-hybridized carbons (Fsp3) is 0.846. The molecule has 6 heteroatoms. The number of carbonyl (C=O) groups is 2. The van der Waals surface area contributed by atoms with Gasteiger partial charge in [0.15, 0.2) is 0 Å². The molecule has 1 heterocycles. The van der Waals surface area contributed by atoms with Gasteiger partial charge in [-0.3, -0.25) is 9.59 Å². The van der Waals surface area contributed by atoms with E-state index in [9.17, 15) is 9.59 Å². The molecule has 1 saturated carbocycles. The quantitative estimate of drug-likeness (QED) is 0.568. The zero-order chi connectivity index (χ0) is 13.7. The van der Waals surface area contributed by atoms with Gasteiger partial charge in [-0.1, -0.05) is 12.8 Å². The number of rotatable bonds is 6.